The van der Waals surface area contributed by atoms with E-state index in [1.165, 1.54) is 0 Å². The van der Waals surface area contributed by atoms with E-state index in [0.717, 1.165) is 59.5 Å². The lowest BCUT2D eigenvalue weighted by Crippen LogP contribution is -2.47. The summed E-state index contributed by atoms with van der Waals surface area (Å²) in [6, 6.07) is 23.1. The van der Waals surface area contributed by atoms with E-state index in [0.29, 0.717) is 28.4 Å². The Kier molecular flexibility index (Phi) is 6.77. The number of amides is 2. The lowest BCUT2D eigenvalue weighted by atomic mass is 9.99. The number of hydrogen-bond donors (Lipinski definition) is 2. The number of pyridine rings is 1. The van der Waals surface area contributed by atoms with Crippen LogP contribution in [-0.2, 0) is 16.0 Å². The maximum absolute atomic E-state index is 13.2. The summed E-state index contributed by atoms with van der Waals surface area (Å²) in [6.45, 7) is 3.33. The molecule has 1 saturated heterocycles. The number of likely N-dealkylation sites (N-methyl/N-ethyl adjacent to an activating group) is 1. The van der Waals surface area contributed by atoms with Crippen LogP contribution in [0.2, 0.25) is 5.02 Å². The van der Waals surface area contributed by atoms with E-state index in [9.17, 15) is 9.59 Å². The van der Waals surface area contributed by atoms with E-state index in [4.69, 9.17) is 11.6 Å². The zero-order chi connectivity index (χ0) is 26.9. The summed E-state index contributed by atoms with van der Waals surface area (Å²) < 4.78 is 0. The summed E-state index contributed by atoms with van der Waals surface area (Å²) in [4.78, 5) is 34.7. The van der Waals surface area contributed by atoms with Crippen LogP contribution in [0.15, 0.2) is 79.0 Å². The van der Waals surface area contributed by atoms with E-state index in [-0.39, 0.29) is 11.8 Å². The number of halogens is 1. The molecule has 4 aromatic rings. The van der Waals surface area contributed by atoms with Crippen molar-refractivity contribution in [1.29, 1.82) is 0 Å². The normalized spacial score (nSPS) is 16.7. The van der Waals surface area contributed by atoms with E-state index >= 15 is 0 Å². The lowest BCUT2D eigenvalue weighted by Gasteiger charge is -2.32. The molecule has 2 aliphatic rings. The molecule has 6 rings (SSSR count). The van der Waals surface area contributed by atoms with Crippen molar-refractivity contribution in [2.75, 3.05) is 43.9 Å². The first-order chi connectivity index (χ1) is 18.9. The highest BCUT2D eigenvalue weighted by Crippen LogP contribution is 2.39. The summed E-state index contributed by atoms with van der Waals surface area (Å²) in [5.74, 6) is -0.0570. The van der Waals surface area contributed by atoms with Gasteiger partial charge in [0.2, 0.25) is 5.91 Å². The van der Waals surface area contributed by atoms with E-state index in [1.807, 2.05) is 65.6 Å². The third-order valence-electron chi connectivity index (χ3n) is 7.31. The maximum Gasteiger partial charge on any atom is 0.258 e. The molecule has 8 heteroatoms. The van der Waals surface area contributed by atoms with Gasteiger partial charge in [-0.15, -0.1) is 0 Å². The van der Waals surface area contributed by atoms with Crippen LogP contribution in [0, 0.1) is 0 Å². The van der Waals surface area contributed by atoms with Gasteiger partial charge in [-0.1, -0.05) is 48.0 Å². The van der Waals surface area contributed by atoms with Crippen molar-refractivity contribution in [3.05, 3.63) is 101 Å². The summed E-state index contributed by atoms with van der Waals surface area (Å²) in [7, 11) is 2.08. The average molecular weight is 538 g/mol. The van der Waals surface area contributed by atoms with Crippen molar-refractivity contribution in [2.24, 2.45) is 0 Å². The Morgan fingerprint density at radius 3 is 2.59 bits per heavy atom. The van der Waals surface area contributed by atoms with Gasteiger partial charge in [0.1, 0.15) is 0 Å². The van der Waals surface area contributed by atoms with Crippen LogP contribution in [0.4, 0.5) is 11.4 Å². The number of carbonyl (C=O) groups is 2. The summed E-state index contributed by atoms with van der Waals surface area (Å²) in [5.41, 5.74) is 6.09. The molecular formula is C31H28ClN5O2. The Hall–Kier alpha value is -4.20. The molecule has 0 saturated carbocycles. The van der Waals surface area contributed by atoms with Crippen LogP contribution in [0.1, 0.15) is 16.7 Å². The van der Waals surface area contributed by atoms with Gasteiger partial charge in [-0.25, -0.2) is 0 Å². The Morgan fingerprint density at radius 2 is 1.79 bits per heavy atom. The average Bonchev–Trinajstić information content (AvgIpc) is 3.27. The summed E-state index contributed by atoms with van der Waals surface area (Å²) >= 11 is 6.20. The number of rotatable bonds is 5. The molecular weight excluding hydrogens is 510 g/mol. The van der Waals surface area contributed by atoms with Gasteiger partial charge in [-0.2, -0.15) is 0 Å². The second-order valence-electron chi connectivity index (χ2n) is 9.99. The first-order valence-electron chi connectivity index (χ1n) is 13.0. The van der Waals surface area contributed by atoms with E-state index in [1.54, 1.807) is 18.3 Å². The van der Waals surface area contributed by atoms with Gasteiger partial charge >= 0.3 is 0 Å². The van der Waals surface area contributed by atoms with Crippen molar-refractivity contribution >= 4 is 57.0 Å². The van der Waals surface area contributed by atoms with Crippen LogP contribution < -0.4 is 10.6 Å². The minimum Gasteiger partial charge on any atom is -0.354 e. The monoisotopic (exact) mass is 537 g/mol. The molecule has 7 nitrogen and oxygen atoms in total. The molecule has 2 aliphatic heterocycles. The van der Waals surface area contributed by atoms with Gasteiger partial charge in [0, 0.05) is 59.6 Å². The largest absolute Gasteiger partial charge is 0.354 e. The first-order valence-corrected chi connectivity index (χ1v) is 13.4. The van der Waals surface area contributed by atoms with Gasteiger partial charge in [0.25, 0.3) is 5.91 Å². The van der Waals surface area contributed by atoms with E-state index < -0.39 is 0 Å². The van der Waals surface area contributed by atoms with Crippen LogP contribution in [-0.4, -0.2) is 59.8 Å². The second-order valence-corrected chi connectivity index (χ2v) is 10.4. The molecule has 196 valence electrons. The highest BCUT2D eigenvalue weighted by Gasteiger charge is 2.29. The smallest absolute Gasteiger partial charge is 0.258 e. The van der Waals surface area contributed by atoms with Crippen LogP contribution >= 0.6 is 11.6 Å². The summed E-state index contributed by atoms with van der Waals surface area (Å²) in [5, 5.41) is 8.01. The fourth-order valence-corrected chi connectivity index (χ4v) is 5.26. The molecule has 0 aliphatic carbocycles. The fourth-order valence-electron chi connectivity index (χ4n) is 5.09. The number of anilines is 2. The van der Waals surface area contributed by atoms with Crippen molar-refractivity contribution in [1.82, 2.24) is 14.8 Å². The molecule has 3 aromatic carbocycles. The van der Waals surface area contributed by atoms with Gasteiger partial charge in [-0.05, 0) is 49.0 Å². The predicted molar refractivity (Wildman–Crippen MR) is 156 cm³/mol. The second kappa shape index (κ2) is 10.5. The van der Waals surface area contributed by atoms with Gasteiger partial charge < -0.3 is 20.4 Å². The number of fused-ring (bicyclic) bond motifs is 2. The van der Waals surface area contributed by atoms with Crippen molar-refractivity contribution in [3.8, 4) is 0 Å². The minimum atomic E-state index is -0.203. The molecule has 39 heavy (non-hydrogen) atoms. The highest BCUT2D eigenvalue weighted by atomic mass is 35.5. The van der Waals surface area contributed by atoms with Crippen LogP contribution in [0.5, 0.6) is 0 Å². The number of nitrogens with zero attached hydrogens (tertiary/aromatic N) is 3. The van der Waals surface area contributed by atoms with Crippen LogP contribution in [0.3, 0.4) is 0 Å². The Morgan fingerprint density at radius 1 is 1.00 bits per heavy atom. The third-order valence-corrected chi connectivity index (χ3v) is 7.54. The van der Waals surface area contributed by atoms with Crippen molar-refractivity contribution in [2.45, 2.75) is 6.42 Å². The topological polar surface area (TPSA) is 77.6 Å². The van der Waals surface area contributed by atoms with Gasteiger partial charge in [0.05, 0.1) is 28.9 Å². The molecule has 1 fully saturated rings. The zero-order valence-corrected chi connectivity index (χ0v) is 22.3. The molecule has 0 spiro atoms. The van der Waals surface area contributed by atoms with Gasteiger partial charge in [-0.3, -0.25) is 14.6 Å². The molecule has 0 radical (unpaired) electrons. The Balaban J connectivity index is 1.32. The highest BCUT2D eigenvalue weighted by molar-refractivity contribution is 6.38. The van der Waals surface area contributed by atoms with E-state index in [2.05, 4.69) is 27.6 Å². The number of hydrogen-bond acceptors (Lipinski definition) is 5. The molecule has 1 aromatic heterocycles. The molecule has 0 atom stereocenters. The molecule has 0 unspecified atom stereocenters. The van der Waals surface area contributed by atoms with Crippen LogP contribution in [0.25, 0.3) is 22.2 Å². The lowest BCUT2D eigenvalue weighted by molar-refractivity contribution is -0.132. The standard InChI is InChI=1S/C31H28ClN5O2/c1-36-13-15-37(16-14-36)28(38)17-20-4-9-24(10-5-20)34-30(22-7-6-21-3-2-12-33-26(21)18-22)29-25-11-8-23(32)19-27(25)35-31(29)39/h2-12,18-19,34H,13-17H2,1H3,(H,35,39)/b30-29-. The number of piperazine rings is 1. The summed E-state index contributed by atoms with van der Waals surface area (Å²) in [6.07, 6.45) is 2.12. The first kappa shape index (κ1) is 25.1. The predicted octanol–water partition coefficient (Wildman–Crippen LogP) is 5.14. The minimum absolute atomic E-state index is 0.146. The Bertz CT molecular complexity index is 1610. The SMILES string of the molecule is CN1CCN(C(=O)Cc2ccc(N/C(=C3\C(=O)Nc4cc(Cl)ccc43)c3ccc4cccnc4c3)cc2)CC1. The molecule has 0 bridgehead atoms. The Labute approximate surface area is 232 Å². The molecule has 2 amide bonds. The number of aromatic nitrogens is 1. The van der Waals surface area contributed by atoms with Crippen molar-refractivity contribution < 1.29 is 9.59 Å². The maximum atomic E-state index is 13.2. The molecule has 3 heterocycles. The van der Waals surface area contributed by atoms with Gasteiger partial charge in [0.15, 0.2) is 0 Å². The number of carbonyl (C=O) groups excluding carboxylic acids is 2. The van der Waals surface area contributed by atoms with Crippen molar-refractivity contribution in [3.63, 3.8) is 0 Å². The zero-order valence-electron chi connectivity index (χ0n) is 21.6. The number of benzene rings is 3. The number of nitrogens with one attached hydrogen (secondary N) is 2. The fraction of sp³-hybridized carbons (Fsp3) is 0.194. The molecule has 2 N–H and O–H groups in total. The quantitative estimate of drug-likeness (QED) is 0.345. The third kappa shape index (κ3) is 5.24.